The number of hydrogen-bond donors (Lipinski definition) is 2. The van der Waals surface area contributed by atoms with Crippen LogP contribution in [0.2, 0.25) is 0 Å². The van der Waals surface area contributed by atoms with Gasteiger partial charge in [0.05, 0.1) is 11.5 Å². The lowest BCUT2D eigenvalue weighted by Gasteiger charge is -2.04. The second-order valence-electron chi connectivity index (χ2n) is 4.20. The van der Waals surface area contributed by atoms with Gasteiger partial charge in [-0.15, -0.1) is 0 Å². The zero-order chi connectivity index (χ0) is 13.0. The molecule has 2 rings (SSSR count). The van der Waals surface area contributed by atoms with E-state index >= 15 is 0 Å². The zero-order valence-corrected chi connectivity index (χ0v) is 10.7. The number of hydrogen-bond acceptors (Lipinski definition) is 3. The van der Waals surface area contributed by atoms with Crippen LogP contribution in [0.4, 0.5) is 0 Å². The largest absolute Gasteiger partial charge is 0.395 e. The maximum absolute atomic E-state index is 11.9. The summed E-state index contributed by atoms with van der Waals surface area (Å²) in [5.74, 6) is 5.64. The highest BCUT2D eigenvalue weighted by Gasteiger charge is 2.27. The van der Waals surface area contributed by atoms with Gasteiger partial charge < -0.3 is 5.11 Å². The summed E-state index contributed by atoms with van der Waals surface area (Å²) in [5.41, 5.74) is 0.744. The summed E-state index contributed by atoms with van der Waals surface area (Å²) < 4.78 is 26.4. The van der Waals surface area contributed by atoms with Gasteiger partial charge in [-0.2, -0.15) is 0 Å². The number of sulfonamides is 1. The maximum atomic E-state index is 11.9. The van der Waals surface area contributed by atoms with Crippen LogP contribution in [-0.2, 0) is 10.0 Å². The standard InChI is InChI=1S/C13H15NO3S/c15-10-2-1-3-11-4-8-13(9-5-11)18(16,17)14-12-6-7-12/h4-5,8-9,12,14-15H,2,6-7,10H2. The van der Waals surface area contributed by atoms with E-state index < -0.39 is 10.0 Å². The Bertz CT molecular complexity index is 562. The molecule has 1 saturated carbocycles. The molecule has 1 aromatic rings. The van der Waals surface area contributed by atoms with E-state index in [1.54, 1.807) is 24.3 Å². The van der Waals surface area contributed by atoms with Gasteiger partial charge in [-0.25, -0.2) is 13.1 Å². The van der Waals surface area contributed by atoms with Gasteiger partial charge in [0, 0.05) is 18.0 Å². The Kier molecular flexibility index (Phi) is 4.02. The number of nitrogens with one attached hydrogen (secondary N) is 1. The molecule has 0 bridgehead atoms. The van der Waals surface area contributed by atoms with Crippen LogP contribution in [0.5, 0.6) is 0 Å². The van der Waals surface area contributed by atoms with Gasteiger partial charge >= 0.3 is 0 Å². The average molecular weight is 265 g/mol. The van der Waals surface area contributed by atoms with E-state index in [1.807, 2.05) is 0 Å². The van der Waals surface area contributed by atoms with E-state index in [-0.39, 0.29) is 17.5 Å². The summed E-state index contributed by atoms with van der Waals surface area (Å²) in [6.07, 6.45) is 2.26. The highest BCUT2D eigenvalue weighted by molar-refractivity contribution is 7.89. The molecular formula is C13H15NO3S. The van der Waals surface area contributed by atoms with E-state index in [9.17, 15) is 8.42 Å². The molecule has 0 radical (unpaired) electrons. The Morgan fingerprint density at radius 1 is 1.28 bits per heavy atom. The van der Waals surface area contributed by atoms with Crippen LogP contribution in [0.3, 0.4) is 0 Å². The van der Waals surface area contributed by atoms with E-state index in [4.69, 9.17) is 5.11 Å². The van der Waals surface area contributed by atoms with E-state index in [0.29, 0.717) is 6.42 Å². The first-order chi connectivity index (χ1) is 8.62. The lowest BCUT2D eigenvalue weighted by molar-refractivity contribution is 0.305. The van der Waals surface area contributed by atoms with Crippen LogP contribution in [0.1, 0.15) is 24.8 Å². The molecule has 0 atom stereocenters. The Balaban J connectivity index is 2.09. The molecule has 18 heavy (non-hydrogen) atoms. The molecule has 1 aliphatic rings. The third kappa shape index (κ3) is 3.57. The molecule has 0 aliphatic heterocycles. The summed E-state index contributed by atoms with van der Waals surface area (Å²) >= 11 is 0. The first-order valence-corrected chi connectivity index (χ1v) is 7.32. The molecule has 96 valence electrons. The van der Waals surface area contributed by atoms with Gasteiger partial charge in [0.25, 0.3) is 0 Å². The molecule has 1 aliphatic carbocycles. The van der Waals surface area contributed by atoms with Gasteiger partial charge in [-0.05, 0) is 37.1 Å². The van der Waals surface area contributed by atoms with E-state index in [0.717, 1.165) is 18.4 Å². The molecule has 4 nitrogen and oxygen atoms in total. The quantitative estimate of drug-likeness (QED) is 0.794. The minimum Gasteiger partial charge on any atom is -0.395 e. The fraction of sp³-hybridized carbons (Fsp3) is 0.385. The Morgan fingerprint density at radius 3 is 2.50 bits per heavy atom. The number of aliphatic hydroxyl groups excluding tert-OH is 1. The van der Waals surface area contributed by atoms with Crippen molar-refractivity contribution in [2.24, 2.45) is 0 Å². The molecule has 0 heterocycles. The highest BCUT2D eigenvalue weighted by Crippen LogP contribution is 2.22. The third-order valence-corrected chi connectivity index (χ3v) is 4.07. The maximum Gasteiger partial charge on any atom is 0.240 e. The summed E-state index contributed by atoms with van der Waals surface area (Å²) in [6, 6.07) is 6.55. The SMILES string of the molecule is O=S(=O)(NC1CC1)c1ccc(C#CCCO)cc1. The topological polar surface area (TPSA) is 66.4 Å². The molecule has 1 fully saturated rings. The van der Waals surface area contributed by atoms with Crippen molar-refractivity contribution in [3.05, 3.63) is 29.8 Å². The van der Waals surface area contributed by atoms with Crippen LogP contribution in [0, 0.1) is 11.8 Å². The first kappa shape index (κ1) is 13.1. The Labute approximate surface area is 107 Å². The minimum atomic E-state index is -3.38. The van der Waals surface area contributed by atoms with Gasteiger partial charge in [0.1, 0.15) is 0 Å². The number of aliphatic hydroxyl groups is 1. The van der Waals surface area contributed by atoms with Crippen LogP contribution in [0.15, 0.2) is 29.2 Å². The highest BCUT2D eigenvalue weighted by atomic mass is 32.2. The van der Waals surface area contributed by atoms with Crippen molar-refractivity contribution < 1.29 is 13.5 Å². The van der Waals surface area contributed by atoms with Crippen LogP contribution < -0.4 is 4.72 Å². The van der Waals surface area contributed by atoms with Crippen molar-refractivity contribution in [1.29, 1.82) is 0 Å². The predicted molar refractivity (Wildman–Crippen MR) is 68.4 cm³/mol. The molecule has 0 aromatic heterocycles. The van der Waals surface area contributed by atoms with Crippen molar-refractivity contribution in [3.8, 4) is 11.8 Å². The van der Waals surface area contributed by atoms with Gasteiger partial charge in [0.15, 0.2) is 0 Å². The lowest BCUT2D eigenvalue weighted by atomic mass is 10.2. The van der Waals surface area contributed by atoms with Crippen LogP contribution >= 0.6 is 0 Å². The third-order valence-electron chi connectivity index (χ3n) is 2.53. The molecule has 0 unspecified atom stereocenters. The minimum absolute atomic E-state index is 0.0325. The molecule has 0 saturated heterocycles. The molecule has 1 aromatic carbocycles. The van der Waals surface area contributed by atoms with Crippen LogP contribution in [0.25, 0.3) is 0 Å². The average Bonchev–Trinajstić information content (AvgIpc) is 3.13. The predicted octanol–water partition coefficient (Wildman–Crippen LogP) is 0.861. The van der Waals surface area contributed by atoms with Gasteiger partial charge in [-0.3, -0.25) is 0 Å². The van der Waals surface area contributed by atoms with Crippen molar-refractivity contribution in [2.45, 2.75) is 30.2 Å². The molecule has 0 amide bonds. The zero-order valence-electron chi connectivity index (χ0n) is 9.89. The fourth-order valence-electron chi connectivity index (χ4n) is 1.43. The van der Waals surface area contributed by atoms with Crippen molar-refractivity contribution in [2.75, 3.05) is 6.61 Å². The Hall–Kier alpha value is -1.35. The number of rotatable bonds is 4. The van der Waals surface area contributed by atoms with E-state index in [2.05, 4.69) is 16.6 Å². The van der Waals surface area contributed by atoms with Gasteiger partial charge in [0.2, 0.25) is 10.0 Å². The summed E-state index contributed by atoms with van der Waals surface area (Å²) in [4.78, 5) is 0.266. The molecule has 0 spiro atoms. The summed E-state index contributed by atoms with van der Waals surface area (Å²) in [6.45, 7) is 0.0325. The van der Waals surface area contributed by atoms with Crippen molar-refractivity contribution in [1.82, 2.24) is 4.72 Å². The molecular weight excluding hydrogens is 250 g/mol. The first-order valence-electron chi connectivity index (χ1n) is 5.84. The smallest absolute Gasteiger partial charge is 0.240 e. The molecule has 2 N–H and O–H groups in total. The van der Waals surface area contributed by atoms with Crippen molar-refractivity contribution in [3.63, 3.8) is 0 Å². The second-order valence-corrected chi connectivity index (χ2v) is 5.91. The molecule has 5 heteroatoms. The fourth-order valence-corrected chi connectivity index (χ4v) is 2.73. The summed E-state index contributed by atoms with van der Waals surface area (Å²) in [5, 5.41) is 8.59. The van der Waals surface area contributed by atoms with Gasteiger partial charge in [-0.1, -0.05) is 11.8 Å². The van der Waals surface area contributed by atoms with Crippen molar-refractivity contribution >= 4 is 10.0 Å². The normalized spacial score (nSPS) is 14.9. The second kappa shape index (κ2) is 5.53. The Morgan fingerprint density at radius 2 is 1.94 bits per heavy atom. The number of benzene rings is 1. The van der Waals surface area contributed by atoms with Crippen LogP contribution in [-0.4, -0.2) is 26.2 Å². The van der Waals surface area contributed by atoms with E-state index in [1.165, 1.54) is 0 Å². The monoisotopic (exact) mass is 265 g/mol. The summed E-state index contributed by atoms with van der Waals surface area (Å²) in [7, 11) is -3.38. The lowest BCUT2D eigenvalue weighted by Crippen LogP contribution is -2.25.